The number of thioether (sulfide) groups is 1. The smallest absolute Gasteiger partial charge is 0.230 e. The van der Waals surface area contributed by atoms with Crippen LogP contribution in [0, 0.1) is 0 Å². The predicted octanol–water partition coefficient (Wildman–Crippen LogP) is 2.69. The number of nitrogens with two attached hydrogens (primary N) is 1. The van der Waals surface area contributed by atoms with E-state index in [1.165, 1.54) is 23.1 Å². The molecule has 0 saturated carbocycles. The molecule has 100 valence electrons. The zero-order valence-corrected chi connectivity index (χ0v) is 12.1. The quantitative estimate of drug-likeness (QED) is 0.832. The monoisotopic (exact) mass is 293 g/mol. The van der Waals surface area contributed by atoms with Crippen molar-refractivity contribution in [3.8, 4) is 0 Å². The normalized spacial score (nSPS) is 12.1. The van der Waals surface area contributed by atoms with Gasteiger partial charge in [-0.25, -0.2) is 4.98 Å². The van der Waals surface area contributed by atoms with E-state index >= 15 is 0 Å². The van der Waals surface area contributed by atoms with Gasteiger partial charge in [-0.2, -0.15) is 0 Å². The van der Waals surface area contributed by atoms with Crippen LogP contribution in [0.1, 0.15) is 18.5 Å². The van der Waals surface area contributed by atoms with Crippen molar-refractivity contribution in [1.29, 1.82) is 0 Å². The Morgan fingerprint density at radius 2 is 2.21 bits per heavy atom. The van der Waals surface area contributed by atoms with Crippen LogP contribution in [0.5, 0.6) is 0 Å². The first kappa shape index (κ1) is 13.9. The van der Waals surface area contributed by atoms with Gasteiger partial charge in [0.2, 0.25) is 5.91 Å². The molecule has 2 rings (SSSR count). The molecule has 1 amide bonds. The molecule has 1 aromatic carbocycles. The van der Waals surface area contributed by atoms with Crippen LogP contribution in [-0.4, -0.2) is 16.6 Å². The van der Waals surface area contributed by atoms with Gasteiger partial charge in [0, 0.05) is 0 Å². The van der Waals surface area contributed by atoms with Gasteiger partial charge in [-0.3, -0.25) is 4.79 Å². The highest BCUT2D eigenvalue weighted by Gasteiger charge is 2.10. The number of thiazole rings is 1. The molecule has 0 aliphatic carbocycles. The van der Waals surface area contributed by atoms with Crippen molar-refractivity contribution >= 4 is 34.1 Å². The fourth-order valence-corrected chi connectivity index (χ4v) is 3.15. The molecule has 0 aliphatic heterocycles. The van der Waals surface area contributed by atoms with Gasteiger partial charge in [-0.15, -0.1) is 11.8 Å². The summed E-state index contributed by atoms with van der Waals surface area (Å²) in [7, 11) is 0. The average Bonchev–Trinajstić information content (AvgIpc) is 2.83. The maximum Gasteiger partial charge on any atom is 0.230 e. The Hall–Kier alpha value is -1.53. The fraction of sp³-hybridized carbons (Fsp3) is 0.231. The lowest BCUT2D eigenvalue weighted by atomic mass is 10.1. The van der Waals surface area contributed by atoms with Crippen molar-refractivity contribution in [3.63, 3.8) is 0 Å². The standard InChI is InChI=1S/C13H15N3OS2/c1-9(10-5-3-2-4-6-10)16-11(17)8-18-12-7-15-13(14)19-12/h2-7,9H,8H2,1H3,(H2,14,15)(H,16,17). The molecule has 2 aromatic rings. The lowest BCUT2D eigenvalue weighted by Crippen LogP contribution is -2.28. The summed E-state index contributed by atoms with van der Waals surface area (Å²) in [6, 6.07) is 9.91. The van der Waals surface area contributed by atoms with Gasteiger partial charge in [-0.1, -0.05) is 41.7 Å². The number of amides is 1. The van der Waals surface area contributed by atoms with Crippen molar-refractivity contribution in [2.24, 2.45) is 0 Å². The van der Waals surface area contributed by atoms with E-state index in [1.54, 1.807) is 6.20 Å². The second-order valence-corrected chi connectivity index (χ2v) is 6.34. The Labute approximate surface area is 120 Å². The molecule has 0 fully saturated rings. The Balaban J connectivity index is 1.81. The van der Waals surface area contributed by atoms with Crippen LogP contribution in [0.4, 0.5) is 5.13 Å². The minimum Gasteiger partial charge on any atom is -0.375 e. The van der Waals surface area contributed by atoms with Crippen LogP contribution < -0.4 is 11.1 Å². The Morgan fingerprint density at radius 1 is 1.47 bits per heavy atom. The first-order chi connectivity index (χ1) is 9.15. The lowest BCUT2D eigenvalue weighted by molar-refractivity contribution is -0.119. The number of aromatic nitrogens is 1. The highest BCUT2D eigenvalue weighted by Crippen LogP contribution is 2.26. The van der Waals surface area contributed by atoms with E-state index < -0.39 is 0 Å². The molecule has 0 saturated heterocycles. The summed E-state index contributed by atoms with van der Waals surface area (Å²) in [5, 5.41) is 3.49. The summed E-state index contributed by atoms with van der Waals surface area (Å²) in [6.07, 6.45) is 1.69. The largest absolute Gasteiger partial charge is 0.375 e. The molecule has 0 bridgehead atoms. The molecule has 1 aromatic heterocycles. The topological polar surface area (TPSA) is 68.0 Å². The third-order valence-electron chi connectivity index (χ3n) is 2.52. The van der Waals surface area contributed by atoms with Gasteiger partial charge in [0.25, 0.3) is 0 Å². The van der Waals surface area contributed by atoms with Gasteiger partial charge in [0.1, 0.15) is 0 Å². The summed E-state index contributed by atoms with van der Waals surface area (Å²) in [6.45, 7) is 1.97. The van der Waals surface area contributed by atoms with E-state index in [2.05, 4.69) is 10.3 Å². The lowest BCUT2D eigenvalue weighted by Gasteiger charge is -2.13. The molecule has 1 atom stereocenters. The summed E-state index contributed by atoms with van der Waals surface area (Å²) in [5.41, 5.74) is 6.64. The highest BCUT2D eigenvalue weighted by molar-refractivity contribution is 8.01. The summed E-state index contributed by atoms with van der Waals surface area (Å²) in [5.74, 6) is 0.382. The van der Waals surface area contributed by atoms with E-state index in [4.69, 9.17) is 5.73 Å². The van der Waals surface area contributed by atoms with Gasteiger partial charge in [0.05, 0.1) is 22.2 Å². The van der Waals surface area contributed by atoms with E-state index in [-0.39, 0.29) is 11.9 Å². The van der Waals surface area contributed by atoms with Crippen molar-refractivity contribution in [2.45, 2.75) is 17.2 Å². The summed E-state index contributed by atoms with van der Waals surface area (Å²) >= 11 is 2.85. The van der Waals surface area contributed by atoms with Crippen molar-refractivity contribution in [2.75, 3.05) is 11.5 Å². The molecule has 19 heavy (non-hydrogen) atoms. The molecule has 4 nitrogen and oxygen atoms in total. The van der Waals surface area contributed by atoms with Crippen LogP contribution >= 0.6 is 23.1 Å². The minimum absolute atomic E-state index is 0.00771. The van der Waals surface area contributed by atoms with Gasteiger partial charge in [0.15, 0.2) is 5.13 Å². The molecule has 1 heterocycles. The average molecular weight is 293 g/mol. The number of anilines is 1. The second kappa shape index (κ2) is 6.58. The van der Waals surface area contributed by atoms with Crippen LogP contribution in [0.25, 0.3) is 0 Å². The number of nitrogens with one attached hydrogen (secondary N) is 1. The summed E-state index contributed by atoms with van der Waals surface area (Å²) < 4.78 is 0.958. The second-order valence-electron chi connectivity index (χ2n) is 4.01. The van der Waals surface area contributed by atoms with E-state index in [1.807, 2.05) is 37.3 Å². The SMILES string of the molecule is CC(NC(=O)CSc1cnc(N)s1)c1ccccc1. The molecule has 1 unspecified atom stereocenters. The fourth-order valence-electron chi connectivity index (χ4n) is 1.58. The Morgan fingerprint density at radius 3 is 2.84 bits per heavy atom. The number of nitrogen functional groups attached to an aromatic ring is 1. The first-order valence-electron chi connectivity index (χ1n) is 5.83. The molecule has 6 heteroatoms. The molecule has 0 radical (unpaired) electrons. The number of hydrogen-bond acceptors (Lipinski definition) is 5. The van der Waals surface area contributed by atoms with Crippen LogP contribution in [0.3, 0.4) is 0 Å². The third kappa shape index (κ3) is 4.25. The zero-order chi connectivity index (χ0) is 13.7. The number of carbonyl (C=O) groups excluding carboxylic acids is 1. The van der Waals surface area contributed by atoms with Crippen LogP contribution in [-0.2, 0) is 4.79 Å². The predicted molar refractivity (Wildman–Crippen MR) is 80.3 cm³/mol. The molecule has 0 aliphatic rings. The van der Waals surface area contributed by atoms with Gasteiger partial charge < -0.3 is 11.1 Å². The molecule has 3 N–H and O–H groups in total. The van der Waals surface area contributed by atoms with Crippen LogP contribution in [0.15, 0.2) is 40.7 Å². The number of nitrogens with zero attached hydrogens (tertiary/aromatic N) is 1. The van der Waals surface area contributed by atoms with Gasteiger partial charge >= 0.3 is 0 Å². The number of rotatable bonds is 5. The number of benzene rings is 1. The maximum absolute atomic E-state index is 11.8. The number of hydrogen-bond donors (Lipinski definition) is 2. The Bertz CT molecular complexity index is 542. The van der Waals surface area contributed by atoms with Crippen molar-refractivity contribution in [1.82, 2.24) is 10.3 Å². The van der Waals surface area contributed by atoms with Crippen molar-refractivity contribution < 1.29 is 4.79 Å². The van der Waals surface area contributed by atoms with Crippen LogP contribution in [0.2, 0.25) is 0 Å². The zero-order valence-electron chi connectivity index (χ0n) is 10.5. The molecule has 0 spiro atoms. The number of carbonyl (C=O) groups is 1. The van der Waals surface area contributed by atoms with E-state index in [0.29, 0.717) is 10.9 Å². The van der Waals surface area contributed by atoms with E-state index in [9.17, 15) is 4.79 Å². The maximum atomic E-state index is 11.8. The molecular weight excluding hydrogens is 278 g/mol. The Kier molecular flexibility index (Phi) is 4.81. The minimum atomic E-state index is 0.00771. The van der Waals surface area contributed by atoms with E-state index in [0.717, 1.165) is 9.77 Å². The highest BCUT2D eigenvalue weighted by atomic mass is 32.2. The molecular formula is C13H15N3OS2. The summed E-state index contributed by atoms with van der Waals surface area (Å²) in [4.78, 5) is 15.8. The van der Waals surface area contributed by atoms with Gasteiger partial charge in [-0.05, 0) is 12.5 Å². The first-order valence-corrected chi connectivity index (χ1v) is 7.64. The van der Waals surface area contributed by atoms with Crippen molar-refractivity contribution in [3.05, 3.63) is 42.1 Å². The third-order valence-corrected chi connectivity index (χ3v) is 4.55.